The zero-order chi connectivity index (χ0) is 8.67. The minimum atomic E-state index is 0.722. The van der Waals surface area contributed by atoms with Gasteiger partial charge in [0.05, 0.1) is 6.61 Å². The van der Waals surface area contributed by atoms with Crippen LogP contribution in [0.1, 0.15) is 5.56 Å². The van der Waals surface area contributed by atoms with Crippen LogP contribution in [0.25, 0.3) is 10.8 Å². The molecule has 2 aromatic carbocycles. The Labute approximate surface area is 77.6 Å². The van der Waals surface area contributed by atoms with Gasteiger partial charge in [-0.25, -0.2) is 0 Å². The van der Waals surface area contributed by atoms with Gasteiger partial charge in [0.25, 0.3) is 0 Å². The zero-order valence-corrected chi connectivity index (χ0v) is 7.16. The van der Waals surface area contributed by atoms with Crippen LogP contribution in [-0.2, 0) is 4.65 Å². The Morgan fingerprint density at radius 1 is 1.00 bits per heavy atom. The lowest BCUT2D eigenvalue weighted by Gasteiger charge is -2.02. The fourth-order valence-electron chi connectivity index (χ4n) is 1.82. The second-order valence-corrected chi connectivity index (χ2v) is 3.29. The molecule has 0 saturated heterocycles. The zero-order valence-electron chi connectivity index (χ0n) is 7.16. The van der Waals surface area contributed by atoms with Crippen LogP contribution >= 0.6 is 0 Å². The molecule has 0 atom stereocenters. The summed E-state index contributed by atoms with van der Waals surface area (Å²) in [5, 5.41) is 2.57. The van der Waals surface area contributed by atoms with Gasteiger partial charge in [-0.1, -0.05) is 36.4 Å². The van der Waals surface area contributed by atoms with Gasteiger partial charge in [-0.2, -0.15) is 0 Å². The summed E-state index contributed by atoms with van der Waals surface area (Å²) in [7, 11) is 0.722. The van der Waals surface area contributed by atoms with Gasteiger partial charge in [-0.15, -0.1) is 0 Å². The molecule has 0 N–H and O–H groups in total. The molecular weight excluding hydrogens is 159 g/mol. The van der Waals surface area contributed by atoms with E-state index in [4.69, 9.17) is 4.65 Å². The Balaban J connectivity index is 2.43. The van der Waals surface area contributed by atoms with E-state index in [0.29, 0.717) is 0 Å². The van der Waals surface area contributed by atoms with Crippen molar-refractivity contribution >= 4 is 23.7 Å². The minimum Gasteiger partial charge on any atom is -0.425 e. The quantitative estimate of drug-likeness (QED) is 0.538. The number of rotatable bonds is 0. The summed E-state index contributed by atoms with van der Waals surface area (Å²) in [6.45, 7) is 1.86. The first-order chi connectivity index (χ1) is 6.45. The van der Waals surface area contributed by atoms with Crippen molar-refractivity contribution in [3.8, 4) is 0 Å². The van der Waals surface area contributed by atoms with Crippen molar-refractivity contribution in [2.24, 2.45) is 0 Å². The van der Waals surface area contributed by atoms with E-state index in [2.05, 4.69) is 36.4 Å². The Hall–Kier alpha value is -1.28. The fourth-order valence-corrected chi connectivity index (χ4v) is 1.82. The van der Waals surface area contributed by atoms with Gasteiger partial charge in [0, 0.05) is 0 Å². The molecule has 0 bridgehead atoms. The number of fused-ring (bicyclic) bond motifs is 3. The SMILES string of the molecule is B1O[CH]c2c1ccc1ccccc21. The largest absolute Gasteiger partial charge is 0.425 e. The summed E-state index contributed by atoms with van der Waals surface area (Å²) in [6, 6.07) is 12.7. The summed E-state index contributed by atoms with van der Waals surface area (Å²) in [6.07, 6.45) is 0. The molecule has 0 amide bonds. The highest BCUT2D eigenvalue weighted by molar-refractivity contribution is 6.50. The van der Waals surface area contributed by atoms with Gasteiger partial charge in [0.15, 0.2) is 0 Å². The second kappa shape index (κ2) is 2.61. The Kier molecular flexibility index (Phi) is 1.44. The molecule has 0 saturated carbocycles. The molecule has 3 rings (SSSR count). The van der Waals surface area contributed by atoms with Crippen molar-refractivity contribution in [2.75, 3.05) is 0 Å². The van der Waals surface area contributed by atoms with Crippen molar-refractivity contribution in [3.63, 3.8) is 0 Å². The highest BCUT2D eigenvalue weighted by atomic mass is 16.4. The van der Waals surface area contributed by atoms with Crippen molar-refractivity contribution in [3.05, 3.63) is 48.6 Å². The lowest BCUT2D eigenvalue weighted by Crippen LogP contribution is -2.10. The van der Waals surface area contributed by atoms with E-state index in [-0.39, 0.29) is 0 Å². The van der Waals surface area contributed by atoms with E-state index in [1.807, 2.05) is 6.61 Å². The van der Waals surface area contributed by atoms with Crippen molar-refractivity contribution in [2.45, 2.75) is 0 Å². The normalized spacial score (nSPS) is 14.2. The lowest BCUT2D eigenvalue weighted by atomic mass is 9.85. The molecule has 2 heteroatoms. The predicted octanol–water partition coefficient (Wildman–Crippen LogP) is 1.36. The van der Waals surface area contributed by atoms with Crippen LogP contribution in [0.15, 0.2) is 36.4 Å². The van der Waals surface area contributed by atoms with E-state index in [1.54, 1.807) is 0 Å². The van der Waals surface area contributed by atoms with Crippen molar-refractivity contribution in [1.82, 2.24) is 0 Å². The van der Waals surface area contributed by atoms with Crippen LogP contribution in [0, 0.1) is 6.61 Å². The molecule has 0 unspecified atom stereocenters. The van der Waals surface area contributed by atoms with Crippen LogP contribution in [0.5, 0.6) is 0 Å². The summed E-state index contributed by atoms with van der Waals surface area (Å²) >= 11 is 0. The van der Waals surface area contributed by atoms with Crippen LogP contribution in [0.3, 0.4) is 0 Å². The molecular formula is C11H8BO. The Morgan fingerprint density at radius 2 is 1.92 bits per heavy atom. The number of benzene rings is 2. The van der Waals surface area contributed by atoms with E-state index >= 15 is 0 Å². The molecule has 1 radical (unpaired) electrons. The average Bonchev–Trinajstić information content (AvgIpc) is 2.65. The molecule has 13 heavy (non-hydrogen) atoms. The number of hydrogen-bond donors (Lipinski definition) is 0. The molecule has 0 fully saturated rings. The minimum absolute atomic E-state index is 0.722. The third kappa shape index (κ3) is 0.989. The summed E-state index contributed by atoms with van der Waals surface area (Å²) < 4.78 is 5.30. The van der Waals surface area contributed by atoms with Gasteiger partial charge < -0.3 is 4.65 Å². The van der Waals surface area contributed by atoms with E-state index in [9.17, 15) is 0 Å². The average molecular weight is 167 g/mol. The Bertz CT molecular complexity index is 465. The molecule has 1 aliphatic heterocycles. The van der Waals surface area contributed by atoms with Gasteiger partial charge in [-0.3, -0.25) is 0 Å². The van der Waals surface area contributed by atoms with Crippen molar-refractivity contribution in [1.29, 1.82) is 0 Å². The molecule has 0 aliphatic carbocycles. The summed E-state index contributed by atoms with van der Waals surface area (Å²) in [4.78, 5) is 0. The number of hydrogen-bond acceptors (Lipinski definition) is 1. The monoisotopic (exact) mass is 167 g/mol. The van der Waals surface area contributed by atoms with Crippen LogP contribution in [0.2, 0.25) is 0 Å². The maximum atomic E-state index is 5.30. The molecule has 1 nitrogen and oxygen atoms in total. The Morgan fingerprint density at radius 3 is 2.92 bits per heavy atom. The maximum absolute atomic E-state index is 5.30. The smallest absolute Gasteiger partial charge is 0.309 e. The molecule has 0 aromatic heterocycles. The first-order valence-electron chi connectivity index (χ1n) is 4.40. The summed E-state index contributed by atoms with van der Waals surface area (Å²) in [5.41, 5.74) is 2.54. The molecule has 61 valence electrons. The predicted molar refractivity (Wildman–Crippen MR) is 55.2 cm³/mol. The van der Waals surface area contributed by atoms with Crippen LogP contribution in [-0.4, -0.2) is 7.48 Å². The van der Waals surface area contributed by atoms with Crippen LogP contribution in [0.4, 0.5) is 0 Å². The highest BCUT2D eigenvalue weighted by Gasteiger charge is 2.15. The third-order valence-electron chi connectivity index (χ3n) is 2.50. The summed E-state index contributed by atoms with van der Waals surface area (Å²) in [5.74, 6) is 0. The molecule has 1 aliphatic rings. The van der Waals surface area contributed by atoms with Gasteiger partial charge in [0.1, 0.15) is 0 Å². The van der Waals surface area contributed by atoms with Gasteiger partial charge >= 0.3 is 7.48 Å². The topological polar surface area (TPSA) is 9.23 Å². The fraction of sp³-hybridized carbons (Fsp3) is 0. The van der Waals surface area contributed by atoms with Gasteiger partial charge in [-0.05, 0) is 21.8 Å². The van der Waals surface area contributed by atoms with E-state index < -0.39 is 0 Å². The lowest BCUT2D eigenvalue weighted by molar-refractivity contribution is 0.479. The van der Waals surface area contributed by atoms with E-state index in [0.717, 1.165) is 7.48 Å². The molecule has 2 aromatic rings. The van der Waals surface area contributed by atoms with Gasteiger partial charge in [0.2, 0.25) is 0 Å². The highest BCUT2D eigenvalue weighted by Crippen LogP contribution is 2.20. The third-order valence-corrected chi connectivity index (χ3v) is 2.50. The first-order valence-corrected chi connectivity index (χ1v) is 4.40. The standard InChI is InChI=1S/C11H8BO/c1-2-4-9-8(3-1)5-6-11-10(9)7-13-12-11/h1-7,12H. The molecule has 1 heterocycles. The van der Waals surface area contributed by atoms with Crippen LogP contribution < -0.4 is 5.46 Å². The maximum Gasteiger partial charge on any atom is 0.309 e. The van der Waals surface area contributed by atoms with E-state index in [1.165, 1.54) is 21.8 Å². The molecule has 0 spiro atoms. The van der Waals surface area contributed by atoms with Crippen molar-refractivity contribution < 1.29 is 4.65 Å². The first kappa shape index (κ1) is 7.16. The second-order valence-electron chi connectivity index (χ2n) is 3.29.